The summed E-state index contributed by atoms with van der Waals surface area (Å²) >= 11 is 4.66. The number of rotatable bonds is 6. The Labute approximate surface area is 149 Å². The number of esters is 1. The number of ether oxygens (including phenoxy) is 2. The Bertz CT molecular complexity index is 644. The molecule has 0 saturated heterocycles. The fraction of sp³-hybridized carbons (Fsp3) is 0.588. The number of hydrogen-bond donors (Lipinski definition) is 2. The predicted molar refractivity (Wildman–Crippen MR) is 99.6 cm³/mol. The Kier molecular flexibility index (Phi) is 5.45. The maximum absolute atomic E-state index is 12.0. The van der Waals surface area contributed by atoms with Gasteiger partial charge < -0.3 is 19.9 Å². The van der Waals surface area contributed by atoms with Crippen LogP contribution in [-0.4, -0.2) is 37.5 Å². The Morgan fingerprint density at radius 2 is 2.12 bits per heavy atom. The first kappa shape index (κ1) is 19.0. The molecule has 1 aliphatic heterocycles. The third-order valence-corrected chi connectivity index (χ3v) is 5.31. The normalized spacial score (nSPS) is 16.1. The summed E-state index contributed by atoms with van der Waals surface area (Å²) in [5.41, 5.74) is 7.87. The Morgan fingerprint density at radius 3 is 2.67 bits per heavy atom. The van der Waals surface area contributed by atoms with E-state index in [1.54, 1.807) is 13.5 Å². The summed E-state index contributed by atoms with van der Waals surface area (Å²) < 4.78 is 16.3. The number of methoxy groups -OCH3 is 1. The smallest absolute Gasteiger partial charge is 0.340 e. The summed E-state index contributed by atoms with van der Waals surface area (Å²) in [6.07, 6.45) is 1.41. The molecule has 2 N–H and O–H groups in total. The molecule has 1 aromatic rings. The first-order chi connectivity index (χ1) is 11.1. The van der Waals surface area contributed by atoms with E-state index in [1.807, 2.05) is 20.8 Å². The van der Waals surface area contributed by atoms with Gasteiger partial charge in [0.1, 0.15) is 5.75 Å². The molecule has 0 spiro atoms. The number of carbonyl (C=O) groups excluding carboxylic acids is 1. The maximum atomic E-state index is 12.0. The van der Waals surface area contributed by atoms with Gasteiger partial charge in [-0.3, -0.25) is 0 Å². The Balaban J connectivity index is 2.35. The minimum Gasteiger partial charge on any atom is -0.493 e. The van der Waals surface area contributed by atoms with Crippen molar-refractivity contribution >= 4 is 37.2 Å². The zero-order valence-electron chi connectivity index (χ0n) is 14.9. The molecular formula is C17H25BNO4S. The van der Waals surface area contributed by atoms with Gasteiger partial charge in [0.15, 0.2) is 0 Å². The summed E-state index contributed by atoms with van der Waals surface area (Å²) in [4.78, 5) is 12.0. The molecule has 0 aromatic heterocycles. The molecule has 1 atom stereocenters. The monoisotopic (exact) mass is 350 g/mol. The van der Waals surface area contributed by atoms with Crippen LogP contribution in [0.15, 0.2) is 6.07 Å². The van der Waals surface area contributed by atoms with Gasteiger partial charge in [0.2, 0.25) is 0 Å². The van der Waals surface area contributed by atoms with Gasteiger partial charge in [0.05, 0.1) is 24.9 Å². The van der Waals surface area contributed by atoms with E-state index in [0.717, 1.165) is 17.4 Å². The van der Waals surface area contributed by atoms with E-state index >= 15 is 0 Å². The first-order valence-corrected chi connectivity index (χ1v) is 8.49. The van der Waals surface area contributed by atoms with Gasteiger partial charge in [-0.05, 0) is 38.7 Å². The highest BCUT2D eigenvalue weighted by molar-refractivity contribution is 7.81. The molecule has 24 heavy (non-hydrogen) atoms. The van der Waals surface area contributed by atoms with E-state index < -0.39 is 11.6 Å². The van der Waals surface area contributed by atoms with E-state index in [2.05, 4.69) is 19.6 Å². The molecule has 0 fully saturated rings. The van der Waals surface area contributed by atoms with Crippen molar-refractivity contribution in [3.05, 3.63) is 17.2 Å². The minimum atomic E-state index is -0.461. The second-order valence-corrected chi connectivity index (χ2v) is 7.82. The molecule has 1 heterocycles. The van der Waals surface area contributed by atoms with Crippen LogP contribution in [0.4, 0.5) is 5.69 Å². The van der Waals surface area contributed by atoms with E-state index in [-0.39, 0.29) is 4.75 Å². The predicted octanol–water partition coefficient (Wildman–Crippen LogP) is 2.13. The zero-order chi connectivity index (χ0) is 18.1. The van der Waals surface area contributed by atoms with Crippen molar-refractivity contribution in [2.24, 2.45) is 0 Å². The van der Waals surface area contributed by atoms with E-state index in [0.29, 0.717) is 30.0 Å². The number of thiol groups is 1. The van der Waals surface area contributed by atoms with Crippen LogP contribution in [0.2, 0.25) is 0 Å². The Hall–Kier alpha value is -1.34. The van der Waals surface area contributed by atoms with Gasteiger partial charge >= 0.3 is 13.5 Å². The summed E-state index contributed by atoms with van der Waals surface area (Å²) in [6, 6.07) is 1.69. The van der Waals surface area contributed by atoms with Crippen molar-refractivity contribution in [3.8, 4) is 5.75 Å². The van der Waals surface area contributed by atoms with Crippen LogP contribution in [0.1, 0.15) is 50.0 Å². The average Bonchev–Trinajstić information content (AvgIpc) is 2.99. The molecule has 0 amide bonds. The fourth-order valence-corrected chi connectivity index (χ4v) is 2.93. The summed E-state index contributed by atoms with van der Waals surface area (Å²) in [5, 5.41) is 0. The van der Waals surface area contributed by atoms with Gasteiger partial charge in [0, 0.05) is 22.4 Å². The standard InChI is InChI=1S/C17H25BNO4S/c1-6-17(4,16(2,3)24)23-18-11-9-12(19)13(15(20)21-5)10-7-8-22-14(10)11/h9,24H,6-8,19H2,1-5H3. The highest BCUT2D eigenvalue weighted by atomic mass is 32.1. The summed E-state index contributed by atoms with van der Waals surface area (Å²) in [7, 11) is 3.00. The second kappa shape index (κ2) is 6.88. The lowest BCUT2D eigenvalue weighted by Crippen LogP contribution is -2.48. The van der Waals surface area contributed by atoms with Crippen LogP contribution in [0.3, 0.4) is 0 Å². The van der Waals surface area contributed by atoms with Crippen LogP contribution in [0.5, 0.6) is 5.75 Å². The van der Waals surface area contributed by atoms with Crippen LogP contribution in [0, 0.1) is 0 Å². The van der Waals surface area contributed by atoms with Crippen LogP contribution >= 0.6 is 12.6 Å². The summed E-state index contributed by atoms with van der Waals surface area (Å²) in [5.74, 6) is 0.191. The lowest BCUT2D eigenvalue weighted by Gasteiger charge is -2.41. The second-order valence-electron chi connectivity index (χ2n) is 6.71. The van der Waals surface area contributed by atoms with Gasteiger partial charge in [-0.1, -0.05) is 6.92 Å². The molecule has 5 nitrogen and oxygen atoms in total. The average molecular weight is 350 g/mol. The third kappa shape index (κ3) is 3.37. The highest BCUT2D eigenvalue weighted by Gasteiger charge is 2.38. The molecular weight excluding hydrogens is 325 g/mol. The number of hydrogen-bond acceptors (Lipinski definition) is 6. The van der Waals surface area contributed by atoms with Gasteiger partial charge in [-0.25, -0.2) is 4.79 Å². The van der Waals surface area contributed by atoms with Crippen molar-refractivity contribution in [2.75, 3.05) is 19.5 Å². The van der Waals surface area contributed by atoms with Gasteiger partial charge in [0.25, 0.3) is 0 Å². The summed E-state index contributed by atoms with van der Waals surface area (Å²) in [6.45, 7) is 8.62. The van der Waals surface area contributed by atoms with Gasteiger partial charge in [-0.2, -0.15) is 12.6 Å². The highest BCUT2D eigenvalue weighted by Crippen LogP contribution is 2.35. The Morgan fingerprint density at radius 1 is 1.46 bits per heavy atom. The zero-order valence-corrected chi connectivity index (χ0v) is 15.8. The molecule has 2 rings (SSSR count). The molecule has 0 aliphatic carbocycles. The van der Waals surface area contributed by atoms with Crippen molar-refractivity contribution in [1.29, 1.82) is 0 Å². The SMILES string of the molecule is CCC(C)(O[B]c1cc(N)c(C(=O)OC)c2c1OCC2)C(C)(C)S. The maximum Gasteiger partial charge on any atom is 0.340 e. The number of fused-ring (bicyclic) bond motifs is 1. The minimum absolute atomic E-state index is 0.334. The number of nitrogens with two attached hydrogens (primary N) is 1. The lowest BCUT2D eigenvalue weighted by molar-refractivity contribution is 0.0596. The van der Waals surface area contributed by atoms with E-state index in [1.165, 1.54) is 7.11 Å². The number of nitrogen functional groups attached to an aromatic ring is 1. The molecule has 131 valence electrons. The lowest BCUT2D eigenvalue weighted by atomic mass is 9.80. The molecule has 0 saturated carbocycles. The topological polar surface area (TPSA) is 70.8 Å². The fourth-order valence-electron chi connectivity index (χ4n) is 2.72. The molecule has 0 bridgehead atoms. The molecule has 1 aromatic carbocycles. The number of benzene rings is 1. The first-order valence-electron chi connectivity index (χ1n) is 8.04. The van der Waals surface area contributed by atoms with Crippen molar-refractivity contribution in [1.82, 2.24) is 0 Å². The van der Waals surface area contributed by atoms with Crippen molar-refractivity contribution < 1.29 is 18.9 Å². The van der Waals surface area contributed by atoms with Crippen molar-refractivity contribution in [3.63, 3.8) is 0 Å². The largest absolute Gasteiger partial charge is 0.493 e. The molecule has 1 radical (unpaired) electrons. The molecule has 7 heteroatoms. The number of carbonyl (C=O) groups is 1. The van der Waals surface area contributed by atoms with Crippen molar-refractivity contribution in [2.45, 2.75) is 50.9 Å². The van der Waals surface area contributed by atoms with Crippen LogP contribution in [0.25, 0.3) is 0 Å². The van der Waals surface area contributed by atoms with Gasteiger partial charge in [-0.15, -0.1) is 0 Å². The van der Waals surface area contributed by atoms with Crippen LogP contribution in [-0.2, 0) is 15.8 Å². The number of anilines is 1. The van der Waals surface area contributed by atoms with Crippen LogP contribution < -0.4 is 15.9 Å². The third-order valence-electron chi connectivity index (χ3n) is 4.84. The quantitative estimate of drug-likeness (QED) is 0.356. The van der Waals surface area contributed by atoms with E-state index in [4.69, 9.17) is 19.9 Å². The molecule has 1 aliphatic rings. The van der Waals surface area contributed by atoms with E-state index in [9.17, 15) is 4.79 Å². The molecule has 1 unspecified atom stereocenters.